The molecular formula is C22H23IN6O3S. The Labute approximate surface area is 209 Å². The molecule has 0 spiro atoms. The number of hydrogen-bond donors (Lipinski definition) is 4. The number of aromatic hydroxyl groups is 2. The summed E-state index contributed by atoms with van der Waals surface area (Å²) in [6.07, 6.45) is 3.06. The monoisotopic (exact) mass is 578 g/mol. The molecule has 3 rings (SSSR count). The van der Waals surface area contributed by atoms with Crippen LogP contribution < -0.4 is 10.7 Å². The van der Waals surface area contributed by atoms with Crippen LogP contribution in [0, 0.1) is 3.57 Å². The second-order valence-electron chi connectivity index (χ2n) is 6.90. The van der Waals surface area contributed by atoms with Crippen LogP contribution >= 0.6 is 34.4 Å². The molecule has 1 heterocycles. The number of nitrogens with one attached hydrogen (secondary N) is 2. The zero-order chi connectivity index (χ0) is 23.8. The molecule has 0 aliphatic heterocycles. The van der Waals surface area contributed by atoms with E-state index in [1.54, 1.807) is 13.0 Å². The largest absolute Gasteiger partial charge is 0.508 e. The molecule has 9 nitrogen and oxygen atoms in total. The van der Waals surface area contributed by atoms with Crippen molar-refractivity contribution in [2.24, 2.45) is 5.10 Å². The van der Waals surface area contributed by atoms with Crippen LogP contribution in [0.2, 0.25) is 0 Å². The van der Waals surface area contributed by atoms with Crippen molar-refractivity contribution < 1.29 is 15.0 Å². The zero-order valence-electron chi connectivity index (χ0n) is 17.8. The smallest absolute Gasteiger partial charge is 0.253 e. The number of rotatable bonds is 10. The highest BCUT2D eigenvalue weighted by Crippen LogP contribution is 2.24. The van der Waals surface area contributed by atoms with Gasteiger partial charge in [-0.1, -0.05) is 17.8 Å². The maximum Gasteiger partial charge on any atom is 0.253 e. The second-order valence-corrected chi connectivity index (χ2v) is 9.45. The number of carbonyl (C=O) groups is 1. The van der Waals surface area contributed by atoms with E-state index in [4.69, 9.17) is 0 Å². The number of anilines is 1. The Morgan fingerprint density at radius 1 is 1.27 bits per heavy atom. The van der Waals surface area contributed by atoms with Crippen LogP contribution in [0.1, 0.15) is 18.3 Å². The van der Waals surface area contributed by atoms with Gasteiger partial charge in [0.2, 0.25) is 0 Å². The average molecular weight is 578 g/mol. The van der Waals surface area contributed by atoms with Gasteiger partial charge in [0, 0.05) is 27.4 Å². The van der Waals surface area contributed by atoms with E-state index in [0.717, 1.165) is 15.1 Å². The molecular weight excluding hydrogens is 555 g/mol. The SMILES string of the molecule is C=CCn1c(CNc2ccc(I)cc2)nnc1S[C@@H](C)C(=O)NN=Cc1ccc(O)cc1O. The highest BCUT2D eigenvalue weighted by atomic mass is 127. The normalized spacial score (nSPS) is 11.9. The van der Waals surface area contributed by atoms with E-state index in [0.29, 0.717) is 23.8 Å². The molecule has 172 valence electrons. The Kier molecular flexibility index (Phi) is 8.72. The number of hydrazone groups is 1. The molecule has 0 saturated carbocycles. The Bertz CT molecular complexity index is 1150. The Morgan fingerprint density at radius 3 is 2.73 bits per heavy atom. The molecule has 1 atom stereocenters. The predicted molar refractivity (Wildman–Crippen MR) is 138 cm³/mol. The Balaban J connectivity index is 1.61. The summed E-state index contributed by atoms with van der Waals surface area (Å²) >= 11 is 3.51. The van der Waals surface area contributed by atoms with Gasteiger partial charge in [-0.2, -0.15) is 5.10 Å². The third-order valence-corrected chi connectivity index (χ3v) is 6.24. The molecule has 2 aromatic carbocycles. The lowest BCUT2D eigenvalue weighted by Gasteiger charge is -2.12. The van der Waals surface area contributed by atoms with Gasteiger partial charge in [0.05, 0.1) is 18.0 Å². The summed E-state index contributed by atoms with van der Waals surface area (Å²) in [6.45, 7) is 6.52. The minimum atomic E-state index is -0.500. The van der Waals surface area contributed by atoms with Gasteiger partial charge in [-0.25, -0.2) is 5.43 Å². The standard InChI is InChI=1S/C22H23IN6O3S/c1-3-10-29-20(13-24-17-7-5-16(23)6-8-17)26-28-22(29)33-14(2)21(32)27-25-12-15-4-9-18(30)11-19(15)31/h3-9,11-12,14,24,30-31H,1,10,13H2,2H3,(H,27,32)/t14-/m0/s1. The fourth-order valence-corrected chi connectivity index (χ4v) is 3.94. The number of carbonyl (C=O) groups excluding carboxylic acids is 1. The van der Waals surface area contributed by atoms with Crippen molar-refractivity contribution in [1.82, 2.24) is 20.2 Å². The van der Waals surface area contributed by atoms with Gasteiger partial charge < -0.3 is 20.1 Å². The third-order valence-electron chi connectivity index (χ3n) is 4.44. The summed E-state index contributed by atoms with van der Waals surface area (Å²) in [4.78, 5) is 12.5. The molecule has 0 aliphatic carbocycles. The molecule has 0 aliphatic rings. The summed E-state index contributed by atoms with van der Waals surface area (Å²) < 4.78 is 3.06. The number of aromatic nitrogens is 3. The van der Waals surface area contributed by atoms with Gasteiger partial charge in [0.25, 0.3) is 5.91 Å². The van der Waals surface area contributed by atoms with E-state index in [-0.39, 0.29) is 17.4 Å². The molecule has 0 bridgehead atoms. The van der Waals surface area contributed by atoms with Gasteiger partial charge in [-0.15, -0.1) is 16.8 Å². The van der Waals surface area contributed by atoms with Crippen molar-refractivity contribution in [3.05, 3.63) is 70.1 Å². The van der Waals surface area contributed by atoms with Gasteiger partial charge >= 0.3 is 0 Å². The molecule has 0 radical (unpaired) electrons. The van der Waals surface area contributed by atoms with Gasteiger partial charge in [0.15, 0.2) is 11.0 Å². The Morgan fingerprint density at radius 2 is 2.03 bits per heavy atom. The van der Waals surface area contributed by atoms with Crippen molar-refractivity contribution in [2.75, 3.05) is 5.32 Å². The number of hydrogen-bond acceptors (Lipinski definition) is 8. The van der Waals surface area contributed by atoms with Crippen LogP contribution in [0.15, 0.2) is 65.4 Å². The van der Waals surface area contributed by atoms with Crippen LogP contribution in [0.25, 0.3) is 0 Å². The Hall–Kier alpha value is -3.06. The first-order valence-corrected chi connectivity index (χ1v) is 11.9. The summed E-state index contributed by atoms with van der Waals surface area (Å²) in [6, 6.07) is 12.1. The van der Waals surface area contributed by atoms with Crippen molar-refractivity contribution in [3.8, 4) is 11.5 Å². The molecule has 1 aromatic heterocycles. The molecule has 3 aromatic rings. The first-order valence-electron chi connectivity index (χ1n) is 9.91. The highest BCUT2D eigenvalue weighted by molar-refractivity contribution is 14.1. The van der Waals surface area contributed by atoms with Crippen LogP contribution in [-0.4, -0.2) is 42.3 Å². The van der Waals surface area contributed by atoms with Crippen LogP contribution in [-0.2, 0) is 17.9 Å². The van der Waals surface area contributed by atoms with Gasteiger partial charge in [-0.3, -0.25) is 4.79 Å². The summed E-state index contributed by atoms with van der Waals surface area (Å²) in [5.41, 5.74) is 3.79. The van der Waals surface area contributed by atoms with E-state index < -0.39 is 5.25 Å². The topological polar surface area (TPSA) is 125 Å². The van der Waals surface area contributed by atoms with Crippen molar-refractivity contribution in [1.29, 1.82) is 0 Å². The predicted octanol–water partition coefficient (Wildman–Crippen LogP) is 3.72. The van der Waals surface area contributed by atoms with Gasteiger partial charge in [-0.05, 0) is 65.9 Å². The van der Waals surface area contributed by atoms with Crippen molar-refractivity contribution in [2.45, 2.75) is 30.4 Å². The number of amides is 1. The quantitative estimate of drug-likeness (QED) is 0.0951. The lowest BCUT2D eigenvalue weighted by Crippen LogP contribution is -2.27. The van der Waals surface area contributed by atoms with Crippen LogP contribution in [0.3, 0.4) is 0 Å². The summed E-state index contributed by atoms with van der Waals surface area (Å²) in [7, 11) is 0. The zero-order valence-corrected chi connectivity index (χ0v) is 20.7. The minimum absolute atomic E-state index is 0.0598. The molecule has 0 saturated heterocycles. The fourth-order valence-electron chi connectivity index (χ4n) is 2.71. The van der Waals surface area contributed by atoms with E-state index >= 15 is 0 Å². The number of allylic oxidation sites excluding steroid dienone is 1. The number of phenolic OH excluding ortho intramolecular Hbond substituents is 2. The maximum atomic E-state index is 12.5. The number of thioether (sulfide) groups is 1. The lowest BCUT2D eigenvalue weighted by molar-refractivity contribution is -0.120. The van der Waals surface area contributed by atoms with Crippen molar-refractivity contribution >= 4 is 52.2 Å². The third kappa shape index (κ3) is 6.96. The van der Waals surface area contributed by atoms with Crippen LogP contribution in [0.5, 0.6) is 11.5 Å². The maximum absolute atomic E-state index is 12.5. The van der Waals surface area contributed by atoms with E-state index in [2.05, 4.69) is 55.2 Å². The molecule has 1 amide bonds. The van der Waals surface area contributed by atoms with Crippen molar-refractivity contribution in [3.63, 3.8) is 0 Å². The second kappa shape index (κ2) is 11.7. The molecule has 0 fully saturated rings. The number of nitrogens with zero attached hydrogens (tertiary/aromatic N) is 4. The minimum Gasteiger partial charge on any atom is -0.508 e. The van der Waals surface area contributed by atoms with E-state index in [1.807, 2.05) is 28.8 Å². The van der Waals surface area contributed by atoms with Crippen LogP contribution in [0.4, 0.5) is 5.69 Å². The molecule has 11 heteroatoms. The van der Waals surface area contributed by atoms with Gasteiger partial charge in [0.1, 0.15) is 11.5 Å². The highest BCUT2D eigenvalue weighted by Gasteiger charge is 2.19. The van der Waals surface area contributed by atoms with E-state index in [9.17, 15) is 15.0 Å². The molecule has 0 unspecified atom stereocenters. The number of halogens is 1. The summed E-state index contributed by atoms with van der Waals surface area (Å²) in [5.74, 6) is 0.195. The average Bonchev–Trinajstić information content (AvgIpc) is 3.16. The first-order chi connectivity index (χ1) is 15.9. The summed E-state index contributed by atoms with van der Waals surface area (Å²) in [5, 5.41) is 34.9. The fraction of sp³-hybridized carbons (Fsp3) is 0.182. The molecule has 4 N–H and O–H groups in total. The molecule has 33 heavy (non-hydrogen) atoms. The first kappa shape index (κ1) is 24.6. The number of benzene rings is 2. The van der Waals surface area contributed by atoms with E-state index in [1.165, 1.54) is 36.2 Å². The number of phenols is 2. The lowest BCUT2D eigenvalue weighted by atomic mass is 10.2.